The molecule has 136 valence electrons. The molecule has 1 heterocycles. The zero-order valence-corrected chi connectivity index (χ0v) is 15.7. The third-order valence-corrected chi connectivity index (χ3v) is 5.39. The van der Waals surface area contributed by atoms with Crippen LogP contribution in [0.4, 0.5) is 0 Å². The van der Waals surface area contributed by atoms with Gasteiger partial charge in [-0.2, -0.15) is 0 Å². The molecule has 0 radical (unpaired) electrons. The molecule has 1 saturated heterocycles. The first-order valence-electron chi connectivity index (χ1n) is 8.43. The normalized spacial score (nSPS) is 19.5. The topological polar surface area (TPSA) is 97.5 Å². The van der Waals surface area contributed by atoms with Crippen LogP contribution in [0.15, 0.2) is 0 Å². The standard InChI is InChI=1S/C17H28N2O4S/c1-10(2)13(20)6-5-7-19-15(21)8-14(17(19)23)24-9-12(18)16(22)11(3)4/h10-12,14H,5-9,18H2,1-4H3. The Morgan fingerprint density at radius 1 is 1.21 bits per heavy atom. The Morgan fingerprint density at radius 2 is 1.83 bits per heavy atom. The van der Waals surface area contributed by atoms with E-state index in [4.69, 9.17) is 5.73 Å². The van der Waals surface area contributed by atoms with E-state index in [2.05, 4.69) is 0 Å². The molecule has 7 heteroatoms. The van der Waals surface area contributed by atoms with Gasteiger partial charge >= 0.3 is 0 Å². The lowest BCUT2D eigenvalue weighted by Gasteiger charge is -2.16. The molecule has 1 fully saturated rings. The average molecular weight is 356 g/mol. The summed E-state index contributed by atoms with van der Waals surface area (Å²) in [5.74, 6) is -0.180. The second-order valence-corrected chi connectivity index (χ2v) is 8.03. The van der Waals surface area contributed by atoms with Crippen molar-refractivity contribution in [3.63, 3.8) is 0 Å². The Bertz CT molecular complexity index is 505. The maximum atomic E-state index is 12.3. The van der Waals surface area contributed by atoms with E-state index in [1.54, 1.807) is 13.8 Å². The van der Waals surface area contributed by atoms with Gasteiger partial charge in [0.15, 0.2) is 5.78 Å². The number of ketones is 2. The molecule has 0 spiro atoms. The van der Waals surface area contributed by atoms with Gasteiger partial charge in [0.25, 0.3) is 0 Å². The largest absolute Gasteiger partial charge is 0.321 e. The Hall–Kier alpha value is -1.21. The molecule has 0 saturated carbocycles. The van der Waals surface area contributed by atoms with Crippen LogP contribution in [-0.2, 0) is 19.2 Å². The fraction of sp³-hybridized carbons (Fsp3) is 0.765. The molecule has 1 aliphatic heterocycles. The number of likely N-dealkylation sites (tertiary alicyclic amines) is 1. The fourth-order valence-corrected chi connectivity index (χ4v) is 3.58. The maximum Gasteiger partial charge on any atom is 0.242 e. The number of nitrogens with zero attached hydrogens (tertiary/aromatic N) is 1. The van der Waals surface area contributed by atoms with Crippen LogP contribution in [0.2, 0.25) is 0 Å². The summed E-state index contributed by atoms with van der Waals surface area (Å²) in [6, 6.07) is -0.615. The smallest absolute Gasteiger partial charge is 0.242 e. The first-order valence-corrected chi connectivity index (χ1v) is 9.47. The summed E-state index contributed by atoms with van der Waals surface area (Å²) in [4.78, 5) is 48.9. The molecule has 0 aliphatic carbocycles. The quantitative estimate of drug-likeness (QED) is 0.594. The van der Waals surface area contributed by atoms with Crippen LogP contribution < -0.4 is 5.73 Å². The van der Waals surface area contributed by atoms with Crippen molar-refractivity contribution in [3.05, 3.63) is 0 Å². The molecule has 2 amide bonds. The highest BCUT2D eigenvalue weighted by Crippen LogP contribution is 2.26. The molecule has 1 aliphatic rings. The zero-order valence-electron chi connectivity index (χ0n) is 14.9. The minimum atomic E-state index is -0.615. The van der Waals surface area contributed by atoms with Crippen LogP contribution in [0, 0.1) is 11.8 Å². The molecule has 2 unspecified atom stereocenters. The van der Waals surface area contributed by atoms with E-state index < -0.39 is 11.3 Å². The number of hydrogen-bond acceptors (Lipinski definition) is 6. The molecule has 6 nitrogen and oxygen atoms in total. The van der Waals surface area contributed by atoms with Gasteiger partial charge in [-0.15, -0.1) is 11.8 Å². The third-order valence-electron chi connectivity index (χ3n) is 4.06. The number of rotatable bonds is 10. The SMILES string of the molecule is CC(C)C(=O)CCCN1C(=O)CC(SCC(N)C(=O)C(C)C)C1=O. The van der Waals surface area contributed by atoms with Crippen LogP contribution >= 0.6 is 11.8 Å². The Kier molecular flexibility index (Phi) is 8.09. The van der Waals surface area contributed by atoms with Crippen LogP contribution in [0.5, 0.6) is 0 Å². The molecule has 0 aromatic carbocycles. The highest BCUT2D eigenvalue weighted by atomic mass is 32.2. The van der Waals surface area contributed by atoms with Crippen LogP contribution in [0.25, 0.3) is 0 Å². The van der Waals surface area contributed by atoms with E-state index in [0.29, 0.717) is 18.6 Å². The number of amides is 2. The first-order chi connectivity index (χ1) is 11.1. The summed E-state index contributed by atoms with van der Waals surface area (Å²) in [5.41, 5.74) is 5.84. The molecule has 24 heavy (non-hydrogen) atoms. The van der Waals surface area contributed by atoms with Gasteiger partial charge in [0, 0.05) is 37.0 Å². The predicted octanol–water partition coefficient (Wildman–Crippen LogP) is 1.40. The Labute approximate surface area is 147 Å². The van der Waals surface area contributed by atoms with E-state index in [-0.39, 0.29) is 48.2 Å². The molecule has 1 rings (SSSR count). The van der Waals surface area contributed by atoms with E-state index in [0.717, 1.165) is 0 Å². The van der Waals surface area contributed by atoms with Gasteiger partial charge in [-0.05, 0) is 6.42 Å². The third kappa shape index (κ3) is 5.70. The number of hydrogen-bond donors (Lipinski definition) is 1. The van der Waals surface area contributed by atoms with Gasteiger partial charge in [-0.25, -0.2) is 0 Å². The van der Waals surface area contributed by atoms with Gasteiger partial charge in [0.1, 0.15) is 5.78 Å². The van der Waals surface area contributed by atoms with Crippen molar-refractivity contribution in [2.75, 3.05) is 12.3 Å². The van der Waals surface area contributed by atoms with Gasteiger partial charge < -0.3 is 5.73 Å². The average Bonchev–Trinajstić information content (AvgIpc) is 2.78. The van der Waals surface area contributed by atoms with Crippen molar-refractivity contribution in [3.8, 4) is 0 Å². The first kappa shape index (κ1) is 20.8. The predicted molar refractivity (Wildman–Crippen MR) is 94.5 cm³/mol. The van der Waals surface area contributed by atoms with Crippen LogP contribution in [0.1, 0.15) is 47.0 Å². The summed E-state index contributed by atoms with van der Waals surface area (Å²) in [6.45, 7) is 7.53. The highest BCUT2D eigenvalue weighted by molar-refractivity contribution is 8.00. The van der Waals surface area contributed by atoms with Crippen molar-refractivity contribution in [2.45, 2.75) is 58.2 Å². The lowest BCUT2D eigenvalue weighted by atomic mass is 10.0. The summed E-state index contributed by atoms with van der Waals surface area (Å²) in [5, 5.41) is -0.468. The van der Waals surface area contributed by atoms with Gasteiger partial charge in [-0.3, -0.25) is 24.1 Å². The van der Waals surface area contributed by atoms with E-state index in [1.807, 2.05) is 13.8 Å². The number of thioether (sulfide) groups is 1. The number of carbonyl (C=O) groups is 4. The van der Waals surface area contributed by atoms with Crippen molar-refractivity contribution in [1.29, 1.82) is 0 Å². The second kappa shape index (κ2) is 9.32. The number of Topliss-reactive ketones (excluding diaryl/α,β-unsaturated/α-hetero) is 2. The molecule has 0 aromatic heterocycles. The van der Waals surface area contributed by atoms with Crippen molar-refractivity contribution < 1.29 is 19.2 Å². The molecular formula is C17H28N2O4S. The Balaban J connectivity index is 2.46. The van der Waals surface area contributed by atoms with Gasteiger partial charge in [0.05, 0.1) is 11.3 Å². The van der Waals surface area contributed by atoms with Crippen molar-refractivity contribution in [2.24, 2.45) is 17.6 Å². The van der Waals surface area contributed by atoms with E-state index >= 15 is 0 Å². The summed E-state index contributed by atoms with van der Waals surface area (Å²) >= 11 is 1.27. The summed E-state index contributed by atoms with van der Waals surface area (Å²) in [6.07, 6.45) is 1.02. The molecule has 0 bridgehead atoms. The van der Waals surface area contributed by atoms with Crippen molar-refractivity contribution in [1.82, 2.24) is 4.90 Å². The van der Waals surface area contributed by atoms with Gasteiger partial charge in [0.2, 0.25) is 11.8 Å². The maximum absolute atomic E-state index is 12.3. The molecule has 2 N–H and O–H groups in total. The summed E-state index contributed by atoms with van der Waals surface area (Å²) in [7, 11) is 0. The second-order valence-electron chi connectivity index (χ2n) is 6.80. The lowest BCUT2D eigenvalue weighted by Crippen LogP contribution is -2.37. The minimum Gasteiger partial charge on any atom is -0.321 e. The molecule has 0 aromatic rings. The monoisotopic (exact) mass is 356 g/mol. The minimum absolute atomic E-state index is 0.0294. The number of imide groups is 1. The summed E-state index contributed by atoms with van der Waals surface area (Å²) < 4.78 is 0. The zero-order chi connectivity index (χ0) is 18.4. The van der Waals surface area contributed by atoms with Crippen LogP contribution in [0.3, 0.4) is 0 Å². The van der Waals surface area contributed by atoms with Crippen LogP contribution in [-0.4, -0.2) is 51.9 Å². The van der Waals surface area contributed by atoms with Crippen molar-refractivity contribution >= 4 is 35.1 Å². The number of carbonyl (C=O) groups excluding carboxylic acids is 4. The molecule has 2 atom stereocenters. The van der Waals surface area contributed by atoms with Gasteiger partial charge in [-0.1, -0.05) is 27.7 Å². The van der Waals surface area contributed by atoms with E-state index in [9.17, 15) is 19.2 Å². The highest BCUT2D eigenvalue weighted by Gasteiger charge is 2.38. The number of nitrogens with two attached hydrogens (primary N) is 1. The fourth-order valence-electron chi connectivity index (χ4n) is 2.45. The molecular weight excluding hydrogens is 328 g/mol. The van der Waals surface area contributed by atoms with E-state index in [1.165, 1.54) is 16.7 Å². The Morgan fingerprint density at radius 3 is 2.38 bits per heavy atom. The lowest BCUT2D eigenvalue weighted by molar-refractivity contribution is -0.138.